The van der Waals surface area contributed by atoms with Crippen LogP contribution in [0.5, 0.6) is 5.75 Å². The Morgan fingerprint density at radius 1 is 0.750 bits per heavy atom. The van der Waals surface area contributed by atoms with Gasteiger partial charge in [-0.25, -0.2) is 9.59 Å². The predicted octanol–water partition coefficient (Wildman–Crippen LogP) is 3.60. The Balaban J connectivity index is 3.24. The van der Waals surface area contributed by atoms with E-state index < -0.39 is 34.5 Å². The van der Waals surface area contributed by atoms with Gasteiger partial charge in [0.15, 0.2) is 0 Å². The lowest BCUT2D eigenvalue weighted by atomic mass is 10.1. The molecule has 0 heterocycles. The van der Waals surface area contributed by atoms with Gasteiger partial charge in [-0.05, 0) is 57.5 Å². The van der Waals surface area contributed by atoms with Crippen molar-refractivity contribution in [3.05, 3.63) is 29.3 Å². The molecule has 1 aromatic rings. The van der Waals surface area contributed by atoms with Gasteiger partial charge in [-0.15, -0.1) is 0 Å². The second-order valence-electron chi connectivity index (χ2n) is 7.34. The Morgan fingerprint density at radius 3 is 1.42 bits per heavy atom. The van der Waals surface area contributed by atoms with Crippen molar-refractivity contribution >= 4 is 34.5 Å². The van der Waals surface area contributed by atoms with Gasteiger partial charge in [-0.1, -0.05) is 0 Å². The third-order valence-electron chi connectivity index (χ3n) is 2.44. The number of carbonyl (C=O) groups excluding carboxylic acids is 3. The van der Waals surface area contributed by atoms with Crippen LogP contribution in [0.1, 0.15) is 27.6 Å². The van der Waals surface area contributed by atoms with Crippen LogP contribution in [-0.2, 0) is 13.6 Å². The molecule has 0 fully saturated rings. The van der Waals surface area contributed by atoms with Gasteiger partial charge in [0.05, 0.1) is 11.1 Å². The molecule has 0 amide bonds. The van der Waals surface area contributed by atoms with Crippen LogP contribution in [0.25, 0.3) is 0 Å². The summed E-state index contributed by atoms with van der Waals surface area (Å²) in [6, 6.07) is 4.17. The molecule has 1 aromatic carbocycles. The average Bonchev–Trinajstić information content (AvgIpc) is 2.33. The maximum atomic E-state index is 12.3. The molecule has 0 atom stereocenters. The van der Waals surface area contributed by atoms with E-state index in [0.29, 0.717) is 0 Å². The van der Waals surface area contributed by atoms with Crippen LogP contribution in [0.15, 0.2) is 18.2 Å². The molecule has 0 aliphatic rings. The zero-order valence-electron chi connectivity index (χ0n) is 15.2. The van der Waals surface area contributed by atoms with Crippen molar-refractivity contribution in [3.8, 4) is 5.75 Å². The van der Waals surface area contributed by atoms with E-state index in [9.17, 15) is 14.4 Å². The number of carbonyl (C=O) groups is 3. The van der Waals surface area contributed by atoms with Crippen molar-refractivity contribution in [2.75, 3.05) is 0 Å². The zero-order chi connectivity index (χ0) is 18.7. The quantitative estimate of drug-likeness (QED) is 0.449. The minimum Gasteiger partial charge on any atom is -0.516 e. The van der Waals surface area contributed by atoms with E-state index in [-0.39, 0.29) is 16.9 Å². The van der Waals surface area contributed by atoms with Crippen molar-refractivity contribution in [2.45, 2.75) is 46.2 Å². The second kappa shape index (κ2) is 7.31. The summed E-state index contributed by atoms with van der Waals surface area (Å²) in [6.07, 6.45) is 0. The SMILES string of the molecule is CC(=O)Oc1cc(C(=O)O[Si](C)(C)C)cc(C(=O)O[Si](C)(C)C)c1. The fourth-order valence-electron chi connectivity index (χ4n) is 1.73. The first-order chi connectivity index (χ1) is 10.8. The lowest BCUT2D eigenvalue weighted by Crippen LogP contribution is -2.30. The van der Waals surface area contributed by atoms with Crippen molar-refractivity contribution in [2.24, 2.45) is 0 Å². The highest BCUT2D eigenvalue weighted by Crippen LogP contribution is 2.21. The summed E-state index contributed by atoms with van der Waals surface area (Å²) in [4.78, 5) is 35.8. The van der Waals surface area contributed by atoms with E-state index in [1.165, 1.54) is 25.1 Å². The molecule has 0 unspecified atom stereocenters. The van der Waals surface area contributed by atoms with E-state index in [4.69, 9.17) is 13.6 Å². The maximum absolute atomic E-state index is 12.3. The van der Waals surface area contributed by atoms with E-state index in [1.807, 2.05) is 39.3 Å². The van der Waals surface area contributed by atoms with Gasteiger partial charge in [0.25, 0.3) is 0 Å². The van der Waals surface area contributed by atoms with Crippen LogP contribution in [0.4, 0.5) is 0 Å². The van der Waals surface area contributed by atoms with Gasteiger partial charge in [0, 0.05) is 6.92 Å². The number of benzene rings is 1. The number of esters is 1. The summed E-state index contributed by atoms with van der Waals surface area (Å²) in [7, 11) is -4.20. The van der Waals surface area contributed by atoms with E-state index >= 15 is 0 Å². The molecule has 0 saturated carbocycles. The normalized spacial score (nSPS) is 11.6. The van der Waals surface area contributed by atoms with Gasteiger partial charge in [-0.3, -0.25) is 4.79 Å². The van der Waals surface area contributed by atoms with Crippen molar-refractivity contribution in [1.29, 1.82) is 0 Å². The van der Waals surface area contributed by atoms with Crippen LogP contribution < -0.4 is 4.74 Å². The minimum absolute atomic E-state index is 0.107. The maximum Gasteiger partial charge on any atom is 0.324 e. The lowest BCUT2D eigenvalue weighted by Gasteiger charge is -2.19. The Labute approximate surface area is 144 Å². The first-order valence-electron chi connectivity index (χ1n) is 7.57. The standard InChI is InChI=1S/C16H24O6Si2/c1-11(17)20-14-9-12(15(18)21-23(2,3)4)8-13(10-14)16(19)22-24(5,6)7/h8-10H,1-7H3. The van der Waals surface area contributed by atoms with Gasteiger partial charge in [-0.2, -0.15) is 0 Å². The highest BCUT2D eigenvalue weighted by molar-refractivity contribution is 6.71. The van der Waals surface area contributed by atoms with E-state index in [2.05, 4.69) is 0 Å². The summed E-state index contributed by atoms with van der Waals surface area (Å²) in [6.45, 7) is 12.5. The van der Waals surface area contributed by atoms with Crippen LogP contribution in [0.2, 0.25) is 39.3 Å². The van der Waals surface area contributed by atoms with Gasteiger partial charge >= 0.3 is 17.9 Å². The molecule has 24 heavy (non-hydrogen) atoms. The Hall–Kier alpha value is -1.94. The van der Waals surface area contributed by atoms with Crippen LogP contribution >= 0.6 is 0 Å². The van der Waals surface area contributed by atoms with Crippen molar-refractivity contribution in [1.82, 2.24) is 0 Å². The van der Waals surface area contributed by atoms with Crippen LogP contribution in [0, 0.1) is 0 Å². The monoisotopic (exact) mass is 368 g/mol. The lowest BCUT2D eigenvalue weighted by molar-refractivity contribution is -0.131. The van der Waals surface area contributed by atoms with Crippen molar-refractivity contribution < 1.29 is 28.0 Å². The molecule has 0 saturated heterocycles. The Bertz CT molecular complexity index is 609. The van der Waals surface area contributed by atoms with Gasteiger partial charge in [0.2, 0.25) is 16.6 Å². The number of rotatable bonds is 5. The zero-order valence-corrected chi connectivity index (χ0v) is 17.2. The molecule has 1 rings (SSSR count). The fourth-order valence-corrected chi connectivity index (χ4v) is 3.08. The third kappa shape index (κ3) is 7.09. The molecule has 132 valence electrons. The third-order valence-corrected chi connectivity index (χ3v) is 4.03. The summed E-state index contributed by atoms with van der Waals surface area (Å²) in [5.41, 5.74) is 0.303. The van der Waals surface area contributed by atoms with Gasteiger partial charge < -0.3 is 13.6 Å². The fraction of sp³-hybridized carbons (Fsp3) is 0.438. The van der Waals surface area contributed by atoms with E-state index in [1.54, 1.807) is 0 Å². The molecule has 0 aliphatic carbocycles. The molecule has 0 bridgehead atoms. The summed E-state index contributed by atoms with van der Waals surface area (Å²) >= 11 is 0. The topological polar surface area (TPSA) is 78.9 Å². The van der Waals surface area contributed by atoms with Crippen LogP contribution in [-0.4, -0.2) is 34.5 Å². The summed E-state index contributed by atoms with van der Waals surface area (Å²) < 4.78 is 15.9. The molecular weight excluding hydrogens is 344 g/mol. The first-order valence-corrected chi connectivity index (χ1v) is 14.4. The molecule has 0 N–H and O–H groups in total. The highest BCUT2D eigenvalue weighted by atomic mass is 28.4. The first kappa shape index (κ1) is 20.1. The molecule has 6 nitrogen and oxygen atoms in total. The average molecular weight is 369 g/mol. The second-order valence-corrected chi connectivity index (χ2v) is 16.2. The molecular formula is C16H24O6Si2. The molecule has 0 aliphatic heterocycles. The van der Waals surface area contributed by atoms with Crippen molar-refractivity contribution in [3.63, 3.8) is 0 Å². The molecule has 0 spiro atoms. The number of hydrogen-bond acceptors (Lipinski definition) is 6. The number of ether oxygens (including phenoxy) is 1. The predicted molar refractivity (Wildman–Crippen MR) is 95.3 cm³/mol. The smallest absolute Gasteiger partial charge is 0.324 e. The molecule has 0 radical (unpaired) electrons. The summed E-state index contributed by atoms with van der Waals surface area (Å²) in [5.74, 6) is -1.54. The molecule has 8 heteroatoms. The van der Waals surface area contributed by atoms with E-state index in [0.717, 1.165) is 0 Å². The van der Waals surface area contributed by atoms with Gasteiger partial charge in [0.1, 0.15) is 5.75 Å². The summed E-state index contributed by atoms with van der Waals surface area (Å²) in [5, 5.41) is 0. The largest absolute Gasteiger partial charge is 0.516 e. The minimum atomic E-state index is -2.10. The Kier molecular flexibility index (Phi) is 6.12. The Morgan fingerprint density at radius 2 is 1.12 bits per heavy atom. The molecule has 0 aromatic heterocycles. The van der Waals surface area contributed by atoms with Crippen LogP contribution in [0.3, 0.4) is 0 Å². The highest BCUT2D eigenvalue weighted by Gasteiger charge is 2.25. The number of hydrogen-bond donors (Lipinski definition) is 0.